The van der Waals surface area contributed by atoms with E-state index in [2.05, 4.69) is 0 Å². The van der Waals surface area contributed by atoms with E-state index >= 15 is 0 Å². The summed E-state index contributed by atoms with van der Waals surface area (Å²) in [6.07, 6.45) is 0. The van der Waals surface area contributed by atoms with E-state index < -0.39 is 0 Å². The Hall–Kier alpha value is -0.970. The van der Waals surface area contributed by atoms with E-state index in [9.17, 15) is 0 Å². The van der Waals surface area contributed by atoms with E-state index in [1.54, 1.807) is 19.2 Å². The van der Waals surface area contributed by atoms with Gasteiger partial charge in [0.1, 0.15) is 0 Å². The molecule has 1 aromatic carbocycles. The molecule has 0 spiro atoms. The molecule has 0 saturated carbocycles. The topological polar surface area (TPSA) is 50.7 Å². The lowest BCUT2D eigenvalue weighted by Gasteiger charge is -2.10. The maximum absolute atomic E-state index is 8.55. The highest BCUT2D eigenvalue weighted by atomic mass is 35.5. The average molecular weight is 218 g/mol. The molecule has 78 valence electrons. The Morgan fingerprint density at radius 3 is 2.36 bits per heavy atom. The van der Waals surface area contributed by atoms with E-state index in [-0.39, 0.29) is 6.54 Å². The van der Waals surface area contributed by atoms with Crippen LogP contribution in [0.15, 0.2) is 12.1 Å². The number of hydrogen-bond donors (Lipinski definition) is 2. The summed E-state index contributed by atoms with van der Waals surface area (Å²) in [5.74, 6) is 1.15. The first kappa shape index (κ1) is 11.1. The van der Waals surface area contributed by atoms with Crippen molar-refractivity contribution in [2.45, 2.75) is 6.54 Å². The van der Waals surface area contributed by atoms with Gasteiger partial charge in [-0.05, 0) is 11.6 Å². The minimum absolute atomic E-state index is 0.263. The van der Waals surface area contributed by atoms with Crippen molar-refractivity contribution < 1.29 is 14.7 Å². The Balaban J connectivity index is 3.09. The van der Waals surface area contributed by atoms with Crippen molar-refractivity contribution >= 4 is 11.6 Å². The van der Waals surface area contributed by atoms with Crippen LogP contribution in [0.2, 0.25) is 5.02 Å². The summed E-state index contributed by atoms with van der Waals surface area (Å²) in [7, 11) is 3.08. The van der Waals surface area contributed by atoms with Crippen LogP contribution in [0.4, 0.5) is 0 Å². The predicted octanol–water partition coefficient (Wildman–Crippen LogP) is 1.84. The van der Waals surface area contributed by atoms with Gasteiger partial charge in [-0.2, -0.15) is 0 Å². The van der Waals surface area contributed by atoms with Crippen LogP contribution in [0.3, 0.4) is 0 Å². The third-order valence-corrected chi connectivity index (χ3v) is 2.17. The first-order valence-corrected chi connectivity index (χ1v) is 4.38. The van der Waals surface area contributed by atoms with Crippen LogP contribution in [0.5, 0.6) is 11.5 Å². The number of hydroxylamine groups is 1. The minimum Gasteiger partial charge on any atom is -0.493 e. The maximum atomic E-state index is 8.55. The monoisotopic (exact) mass is 217 g/mol. The van der Waals surface area contributed by atoms with E-state index in [1.165, 1.54) is 7.11 Å². The Labute approximate surface area is 87.4 Å². The molecule has 0 saturated heterocycles. The average Bonchev–Trinajstić information content (AvgIpc) is 2.20. The quantitative estimate of drug-likeness (QED) is 0.756. The van der Waals surface area contributed by atoms with Crippen LogP contribution >= 0.6 is 11.6 Å². The second-order valence-corrected chi connectivity index (χ2v) is 3.04. The normalized spacial score (nSPS) is 10.0. The van der Waals surface area contributed by atoms with E-state index in [4.69, 9.17) is 26.3 Å². The number of ether oxygens (including phenoxy) is 2. The van der Waals surface area contributed by atoms with Crippen molar-refractivity contribution in [1.29, 1.82) is 0 Å². The van der Waals surface area contributed by atoms with E-state index in [0.29, 0.717) is 16.5 Å². The van der Waals surface area contributed by atoms with Crippen molar-refractivity contribution in [3.05, 3.63) is 22.7 Å². The lowest BCUT2D eigenvalue weighted by atomic mass is 10.2. The fourth-order valence-corrected chi connectivity index (χ4v) is 1.34. The number of benzene rings is 1. The van der Waals surface area contributed by atoms with Gasteiger partial charge in [0.05, 0.1) is 14.2 Å². The molecule has 0 fully saturated rings. The summed E-state index contributed by atoms with van der Waals surface area (Å²) in [6.45, 7) is 0.263. The lowest BCUT2D eigenvalue weighted by molar-refractivity contribution is 0.161. The molecular formula is C9H12ClNO3. The lowest BCUT2D eigenvalue weighted by Crippen LogP contribution is -2.07. The number of methoxy groups -OCH3 is 2. The Kier molecular flexibility index (Phi) is 4.00. The molecule has 0 bridgehead atoms. The SMILES string of the molecule is COc1cc(Cl)c(CNO)cc1OC. The standard InChI is InChI=1S/C9H12ClNO3/c1-13-8-3-6(5-11-12)7(10)4-9(8)14-2/h3-4,11-12H,5H2,1-2H3. The molecule has 1 rings (SSSR count). The summed E-state index contributed by atoms with van der Waals surface area (Å²) >= 11 is 5.93. The van der Waals surface area contributed by atoms with Gasteiger partial charge in [-0.1, -0.05) is 11.6 Å². The summed E-state index contributed by atoms with van der Waals surface area (Å²) < 4.78 is 10.1. The smallest absolute Gasteiger partial charge is 0.162 e. The molecule has 0 aliphatic heterocycles. The largest absolute Gasteiger partial charge is 0.493 e. The van der Waals surface area contributed by atoms with Gasteiger partial charge in [0.2, 0.25) is 0 Å². The Bertz CT molecular complexity index is 317. The van der Waals surface area contributed by atoms with Crippen molar-refractivity contribution in [3.8, 4) is 11.5 Å². The first-order valence-electron chi connectivity index (χ1n) is 4.00. The molecule has 14 heavy (non-hydrogen) atoms. The molecule has 0 amide bonds. The highest BCUT2D eigenvalue weighted by Crippen LogP contribution is 2.32. The van der Waals surface area contributed by atoms with Gasteiger partial charge in [0, 0.05) is 17.6 Å². The third kappa shape index (κ3) is 2.29. The van der Waals surface area contributed by atoms with Gasteiger partial charge in [-0.3, -0.25) is 0 Å². The highest BCUT2D eigenvalue weighted by molar-refractivity contribution is 6.31. The molecule has 1 aromatic rings. The molecule has 0 unspecified atom stereocenters. The van der Waals surface area contributed by atoms with Crippen LogP contribution in [-0.4, -0.2) is 19.4 Å². The second-order valence-electron chi connectivity index (χ2n) is 2.63. The van der Waals surface area contributed by atoms with Gasteiger partial charge in [0.15, 0.2) is 11.5 Å². The summed E-state index contributed by atoms with van der Waals surface area (Å²) in [5, 5.41) is 9.07. The minimum atomic E-state index is 0.263. The zero-order valence-electron chi connectivity index (χ0n) is 8.00. The van der Waals surface area contributed by atoms with Crippen LogP contribution in [0, 0.1) is 0 Å². The fraction of sp³-hybridized carbons (Fsp3) is 0.333. The van der Waals surface area contributed by atoms with Crippen LogP contribution in [0.1, 0.15) is 5.56 Å². The molecular weight excluding hydrogens is 206 g/mol. The number of nitrogens with one attached hydrogen (secondary N) is 1. The van der Waals surface area contributed by atoms with E-state index in [1.807, 2.05) is 5.48 Å². The maximum Gasteiger partial charge on any atom is 0.162 e. The number of halogens is 1. The van der Waals surface area contributed by atoms with Crippen LogP contribution in [0.25, 0.3) is 0 Å². The summed E-state index contributed by atoms with van der Waals surface area (Å²) in [5.41, 5.74) is 2.78. The van der Waals surface area contributed by atoms with Gasteiger partial charge in [-0.25, -0.2) is 5.48 Å². The van der Waals surface area contributed by atoms with Crippen molar-refractivity contribution in [1.82, 2.24) is 5.48 Å². The van der Waals surface area contributed by atoms with Crippen molar-refractivity contribution in [2.75, 3.05) is 14.2 Å². The molecule has 5 heteroatoms. The van der Waals surface area contributed by atoms with Crippen molar-refractivity contribution in [3.63, 3.8) is 0 Å². The highest BCUT2D eigenvalue weighted by Gasteiger charge is 2.08. The summed E-state index contributed by atoms with van der Waals surface area (Å²) in [4.78, 5) is 0. The Morgan fingerprint density at radius 2 is 1.86 bits per heavy atom. The molecule has 4 nitrogen and oxygen atoms in total. The van der Waals surface area contributed by atoms with Crippen LogP contribution < -0.4 is 15.0 Å². The zero-order valence-corrected chi connectivity index (χ0v) is 8.76. The number of hydrogen-bond acceptors (Lipinski definition) is 4. The summed E-state index contributed by atoms with van der Waals surface area (Å²) in [6, 6.07) is 3.36. The van der Waals surface area contributed by atoms with Crippen LogP contribution in [-0.2, 0) is 6.54 Å². The molecule has 2 N–H and O–H groups in total. The van der Waals surface area contributed by atoms with Gasteiger partial charge < -0.3 is 14.7 Å². The van der Waals surface area contributed by atoms with Gasteiger partial charge in [0.25, 0.3) is 0 Å². The zero-order chi connectivity index (χ0) is 10.6. The molecule has 0 heterocycles. The predicted molar refractivity (Wildman–Crippen MR) is 53.2 cm³/mol. The first-order chi connectivity index (χ1) is 6.72. The number of rotatable bonds is 4. The van der Waals surface area contributed by atoms with Crippen molar-refractivity contribution in [2.24, 2.45) is 0 Å². The van der Waals surface area contributed by atoms with E-state index in [0.717, 1.165) is 5.56 Å². The van der Waals surface area contributed by atoms with Gasteiger partial charge in [-0.15, -0.1) is 0 Å². The molecule has 0 aliphatic rings. The van der Waals surface area contributed by atoms with Gasteiger partial charge >= 0.3 is 0 Å². The fourth-order valence-electron chi connectivity index (χ4n) is 1.12. The molecule has 0 radical (unpaired) electrons. The molecule has 0 aromatic heterocycles. The molecule has 0 atom stereocenters. The second kappa shape index (κ2) is 5.05. The Morgan fingerprint density at radius 1 is 1.29 bits per heavy atom. The third-order valence-electron chi connectivity index (χ3n) is 1.82. The molecule has 0 aliphatic carbocycles.